The Morgan fingerprint density at radius 2 is 2.18 bits per heavy atom. The first kappa shape index (κ1) is 17.2. The van der Waals surface area contributed by atoms with Crippen molar-refractivity contribution in [3.8, 4) is 5.75 Å². The van der Waals surface area contributed by atoms with Gasteiger partial charge in [-0.05, 0) is 19.1 Å². The molecule has 2 aromatic rings. The van der Waals surface area contributed by atoms with Gasteiger partial charge in [-0.15, -0.1) is 23.7 Å². The van der Waals surface area contributed by atoms with E-state index in [0.29, 0.717) is 12.6 Å². The van der Waals surface area contributed by atoms with Gasteiger partial charge in [0.1, 0.15) is 17.4 Å². The van der Waals surface area contributed by atoms with Crippen LogP contribution in [0.2, 0.25) is 0 Å². The number of thiazole rings is 1. The van der Waals surface area contributed by atoms with E-state index in [2.05, 4.69) is 27.5 Å². The van der Waals surface area contributed by atoms with Crippen molar-refractivity contribution in [1.29, 1.82) is 0 Å². The second kappa shape index (κ2) is 8.48. The summed E-state index contributed by atoms with van der Waals surface area (Å²) in [4.78, 5) is 7.13. The molecule has 0 aliphatic carbocycles. The Morgan fingerprint density at radius 3 is 2.95 bits per heavy atom. The highest BCUT2D eigenvalue weighted by Crippen LogP contribution is 2.16. The lowest BCUT2D eigenvalue weighted by Crippen LogP contribution is -2.48. The Morgan fingerprint density at radius 1 is 1.36 bits per heavy atom. The number of piperazine rings is 1. The molecule has 0 spiro atoms. The Labute approximate surface area is 141 Å². The molecule has 0 bridgehead atoms. The molecule has 1 aliphatic heterocycles. The Hall–Kier alpha value is -1.14. The highest BCUT2D eigenvalue weighted by Gasteiger charge is 2.16. The Bertz CT molecular complexity index is 564. The first-order valence-electron chi connectivity index (χ1n) is 7.36. The molecule has 1 aromatic carbocycles. The Kier molecular flexibility index (Phi) is 6.64. The zero-order valence-corrected chi connectivity index (χ0v) is 14.3. The van der Waals surface area contributed by atoms with E-state index in [1.807, 2.05) is 30.3 Å². The minimum atomic E-state index is 0. The summed E-state index contributed by atoms with van der Waals surface area (Å²) < 4.78 is 5.74. The number of aromatic nitrogens is 1. The van der Waals surface area contributed by atoms with Crippen LogP contribution < -0.4 is 10.1 Å². The molecule has 1 N–H and O–H groups in total. The van der Waals surface area contributed by atoms with Gasteiger partial charge in [-0.1, -0.05) is 18.2 Å². The van der Waals surface area contributed by atoms with Gasteiger partial charge >= 0.3 is 0 Å². The summed E-state index contributed by atoms with van der Waals surface area (Å²) >= 11 is 1.68. The maximum Gasteiger partial charge on any atom is 0.140 e. The molecule has 0 unspecified atom stereocenters. The van der Waals surface area contributed by atoms with Crippen LogP contribution in [0.1, 0.15) is 17.6 Å². The molecule has 1 aromatic heterocycles. The zero-order valence-electron chi connectivity index (χ0n) is 12.7. The van der Waals surface area contributed by atoms with Crippen LogP contribution in [0.4, 0.5) is 0 Å². The van der Waals surface area contributed by atoms with E-state index < -0.39 is 0 Å². The van der Waals surface area contributed by atoms with E-state index in [0.717, 1.165) is 42.6 Å². The predicted molar refractivity (Wildman–Crippen MR) is 92.9 cm³/mol. The summed E-state index contributed by atoms with van der Waals surface area (Å²) in [7, 11) is 0. The van der Waals surface area contributed by atoms with Crippen molar-refractivity contribution in [3.63, 3.8) is 0 Å². The second-order valence-electron chi connectivity index (χ2n) is 5.42. The molecular weight excluding hydrogens is 318 g/mol. The lowest BCUT2D eigenvalue weighted by Gasteiger charge is -2.31. The van der Waals surface area contributed by atoms with Crippen LogP contribution in [-0.4, -0.2) is 35.6 Å². The number of rotatable bonds is 5. The minimum absolute atomic E-state index is 0. The summed E-state index contributed by atoms with van der Waals surface area (Å²) in [5.74, 6) is 0.894. The summed E-state index contributed by atoms with van der Waals surface area (Å²) in [5.41, 5.74) is 1.15. The monoisotopic (exact) mass is 339 g/mol. The molecule has 0 amide bonds. The molecule has 3 rings (SSSR count). The van der Waals surface area contributed by atoms with E-state index >= 15 is 0 Å². The molecule has 1 atom stereocenters. The van der Waals surface area contributed by atoms with Crippen LogP contribution in [-0.2, 0) is 13.2 Å². The second-order valence-corrected chi connectivity index (χ2v) is 6.37. The van der Waals surface area contributed by atoms with Gasteiger partial charge in [-0.2, -0.15) is 0 Å². The molecule has 0 saturated carbocycles. The van der Waals surface area contributed by atoms with Crippen molar-refractivity contribution < 1.29 is 4.74 Å². The minimum Gasteiger partial charge on any atom is -0.486 e. The van der Waals surface area contributed by atoms with E-state index in [-0.39, 0.29) is 12.4 Å². The number of ether oxygens (including phenoxy) is 1. The van der Waals surface area contributed by atoms with Gasteiger partial charge in [0.2, 0.25) is 0 Å². The maximum atomic E-state index is 5.74. The largest absolute Gasteiger partial charge is 0.486 e. The van der Waals surface area contributed by atoms with Crippen LogP contribution >= 0.6 is 23.7 Å². The molecule has 1 saturated heterocycles. The first-order valence-corrected chi connectivity index (χ1v) is 8.24. The molecular formula is C16H22ClN3OS. The molecule has 1 aliphatic rings. The van der Waals surface area contributed by atoms with E-state index in [1.165, 1.54) is 0 Å². The lowest BCUT2D eigenvalue weighted by atomic mass is 10.2. The number of para-hydroxylation sites is 1. The van der Waals surface area contributed by atoms with Crippen molar-refractivity contribution in [1.82, 2.24) is 15.2 Å². The van der Waals surface area contributed by atoms with Gasteiger partial charge in [0.05, 0.1) is 5.69 Å². The van der Waals surface area contributed by atoms with Crippen LogP contribution in [0, 0.1) is 0 Å². The fourth-order valence-corrected chi connectivity index (χ4v) is 3.23. The fourth-order valence-electron chi connectivity index (χ4n) is 2.53. The molecule has 6 heteroatoms. The molecule has 22 heavy (non-hydrogen) atoms. The van der Waals surface area contributed by atoms with Gasteiger partial charge in [0, 0.05) is 37.6 Å². The van der Waals surface area contributed by atoms with Crippen LogP contribution in [0.25, 0.3) is 0 Å². The van der Waals surface area contributed by atoms with Gasteiger partial charge in [0.15, 0.2) is 0 Å². The van der Waals surface area contributed by atoms with Crippen LogP contribution in [0.15, 0.2) is 35.7 Å². The third-order valence-electron chi connectivity index (χ3n) is 3.54. The van der Waals surface area contributed by atoms with Crippen molar-refractivity contribution >= 4 is 23.7 Å². The molecule has 0 radical (unpaired) electrons. The fraction of sp³-hybridized carbons (Fsp3) is 0.438. The summed E-state index contributed by atoms with van der Waals surface area (Å²) in [6.45, 7) is 6.97. The average molecular weight is 340 g/mol. The van der Waals surface area contributed by atoms with Crippen LogP contribution in [0.3, 0.4) is 0 Å². The van der Waals surface area contributed by atoms with Gasteiger partial charge in [-0.3, -0.25) is 4.90 Å². The predicted octanol–water partition coefficient (Wildman–Crippen LogP) is 2.94. The molecule has 1 fully saturated rings. The van der Waals surface area contributed by atoms with Crippen molar-refractivity contribution in [3.05, 3.63) is 46.4 Å². The van der Waals surface area contributed by atoms with Crippen molar-refractivity contribution in [2.24, 2.45) is 0 Å². The van der Waals surface area contributed by atoms with Crippen LogP contribution in [0.5, 0.6) is 5.75 Å². The lowest BCUT2D eigenvalue weighted by molar-refractivity contribution is 0.197. The summed E-state index contributed by atoms with van der Waals surface area (Å²) in [6.07, 6.45) is 0. The summed E-state index contributed by atoms with van der Waals surface area (Å²) in [6, 6.07) is 10.5. The maximum absolute atomic E-state index is 5.74. The number of halogens is 1. The number of hydrogen-bond acceptors (Lipinski definition) is 5. The van der Waals surface area contributed by atoms with E-state index in [4.69, 9.17) is 4.74 Å². The third-order valence-corrected chi connectivity index (χ3v) is 4.41. The standard InChI is InChI=1S/C16H21N3OS.ClH/c1-13-9-19(8-7-17-13)10-14-12-21-16(18-14)11-20-15-5-3-2-4-6-15;/h2-6,12-13,17H,7-11H2,1H3;1H/t13-;/m0./s1. The number of benzene rings is 1. The smallest absolute Gasteiger partial charge is 0.140 e. The van der Waals surface area contributed by atoms with Gasteiger partial charge in [0.25, 0.3) is 0 Å². The average Bonchev–Trinajstić information content (AvgIpc) is 2.94. The van der Waals surface area contributed by atoms with Gasteiger partial charge in [-0.25, -0.2) is 4.98 Å². The molecule has 4 nitrogen and oxygen atoms in total. The number of nitrogens with zero attached hydrogens (tertiary/aromatic N) is 2. The third kappa shape index (κ3) is 4.95. The number of nitrogens with one attached hydrogen (secondary N) is 1. The highest BCUT2D eigenvalue weighted by atomic mass is 35.5. The quantitative estimate of drug-likeness (QED) is 0.908. The molecule has 120 valence electrons. The highest BCUT2D eigenvalue weighted by molar-refractivity contribution is 7.09. The van der Waals surface area contributed by atoms with E-state index in [9.17, 15) is 0 Å². The molecule has 2 heterocycles. The zero-order chi connectivity index (χ0) is 14.5. The SMILES string of the molecule is C[C@H]1CN(Cc2csc(COc3ccccc3)n2)CCN1.Cl. The first-order chi connectivity index (χ1) is 10.3. The summed E-state index contributed by atoms with van der Waals surface area (Å²) in [5, 5.41) is 6.65. The van der Waals surface area contributed by atoms with E-state index in [1.54, 1.807) is 11.3 Å². The number of hydrogen-bond donors (Lipinski definition) is 1. The van der Waals surface area contributed by atoms with Crippen molar-refractivity contribution in [2.45, 2.75) is 26.1 Å². The topological polar surface area (TPSA) is 37.4 Å². The normalized spacial score (nSPS) is 18.7. The van der Waals surface area contributed by atoms with Crippen molar-refractivity contribution in [2.75, 3.05) is 19.6 Å². The Balaban J connectivity index is 0.00000176. The van der Waals surface area contributed by atoms with Gasteiger partial charge < -0.3 is 10.1 Å².